The van der Waals surface area contributed by atoms with Crippen molar-refractivity contribution in [1.29, 1.82) is 0 Å². The molecular formula is C42H70O14. The Hall–Kier alpha value is -0.820. The monoisotopic (exact) mass is 798 g/mol. The van der Waals surface area contributed by atoms with Gasteiger partial charge in [-0.05, 0) is 110 Å². The van der Waals surface area contributed by atoms with Crippen molar-refractivity contribution in [1.82, 2.24) is 0 Å². The van der Waals surface area contributed by atoms with Crippen molar-refractivity contribution in [2.45, 2.75) is 172 Å². The molecule has 0 radical (unpaired) electrons. The molecule has 20 atom stereocenters. The van der Waals surface area contributed by atoms with Gasteiger partial charge in [-0.2, -0.15) is 0 Å². The van der Waals surface area contributed by atoms with Gasteiger partial charge >= 0.3 is 0 Å². The first kappa shape index (κ1) is 43.3. The van der Waals surface area contributed by atoms with Crippen LogP contribution < -0.4 is 0 Å². The van der Waals surface area contributed by atoms with E-state index in [1.165, 1.54) is 0 Å². The number of hydrogen-bond donors (Lipinski definition) is 10. The van der Waals surface area contributed by atoms with Crippen LogP contribution in [0.2, 0.25) is 0 Å². The number of ether oxygens (including phenoxy) is 4. The summed E-state index contributed by atoms with van der Waals surface area (Å²) in [7, 11) is 0. The lowest BCUT2D eigenvalue weighted by Gasteiger charge is -2.64. The van der Waals surface area contributed by atoms with Gasteiger partial charge in [0, 0.05) is 18.4 Å². The highest BCUT2D eigenvalue weighted by Gasteiger charge is 2.84. The lowest BCUT2D eigenvalue weighted by molar-refractivity contribution is -0.331. The molecule has 5 aliphatic carbocycles. The summed E-state index contributed by atoms with van der Waals surface area (Å²) in [6.45, 7) is 10.4. The standard InChI is InChI=1S/C42H70O14/c1-21(19-53-36-34(51)32(49)30(47)24(17-44)54-36)7-6-8-22(16-43)23-11-12-40(5)27-10-9-26-38(2,3)29(56-37-35(52)33(50)31(48)25(18-45)55-37)15-28(46)42(26)20-41(27,42)14-13-39(23,40)4/h7,22-37,43-52H,6,8-20H2,1-5H3. The Kier molecular flexibility index (Phi) is 12.0. The lowest BCUT2D eigenvalue weighted by Crippen LogP contribution is -2.64. The Bertz CT molecular complexity index is 1430. The van der Waals surface area contributed by atoms with Crippen LogP contribution in [0.5, 0.6) is 0 Å². The van der Waals surface area contributed by atoms with E-state index in [-0.39, 0.29) is 52.1 Å². The van der Waals surface area contributed by atoms with Gasteiger partial charge in [0.1, 0.15) is 48.8 Å². The molecular weight excluding hydrogens is 728 g/mol. The maximum Gasteiger partial charge on any atom is 0.187 e. The fraction of sp³-hybridized carbons (Fsp3) is 0.952. The second kappa shape index (κ2) is 15.6. The van der Waals surface area contributed by atoms with Crippen molar-refractivity contribution >= 4 is 0 Å². The molecule has 14 heteroatoms. The normalized spacial score (nSPS) is 53.1. The zero-order valence-electron chi connectivity index (χ0n) is 33.8. The number of aliphatic hydroxyl groups excluding tert-OH is 10. The van der Waals surface area contributed by atoms with E-state index in [9.17, 15) is 51.1 Å². The molecule has 2 aliphatic heterocycles. The van der Waals surface area contributed by atoms with Crippen LogP contribution in [0.1, 0.15) is 98.8 Å². The van der Waals surface area contributed by atoms with E-state index >= 15 is 0 Å². The van der Waals surface area contributed by atoms with Crippen molar-refractivity contribution in [3.05, 3.63) is 11.6 Å². The Balaban J connectivity index is 0.999. The Morgan fingerprint density at radius 2 is 1.34 bits per heavy atom. The van der Waals surface area contributed by atoms with E-state index in [0.717, 1.165) is 63.4 Å². The minimum absolute atomic E-state index is 0.0272. The largest absolute Gasteiger partial charge is 0.396 e. The minimum Gasteiger partial charge on any atom is -0.396 e. The average Bonchev–Trinajstić information content (AvgIpc) is 3.79. The highest BCUT2D eigenvalue weighted by atomic mass is 16.7. The van der Waals surface area contributed by atoms with Gasteiger partial charge in [-0.15, -0.1) is 0 Å². The molecule has 5 saturated carbocycles. The van der Waals surface area contributed by atoms with Crippen LogP contribution in [0.15, 0.2) is 11.6 Å². The summed E-state index contributed by atoms with van der Waals surface area (Å²) >= 11 is 0. The van der Waals surface area contributed by atoms with E-state index in [1.54, 1.807) is 0 Å². The predicted octanol–water partition coefficient (Wildman–Crippen LogP) is 0.733. The number of allylic oxidation sites excluding steroid dienone is 1. The summed E-state index contributed by atoms with van der Waals surface area (Å²) < 4.78 is 23.4. The van der Waals surface area contributed by atoms with Gasteiger partial charge in [0.2, 0.25) is 0 Å². The fourth-order valence-electron chi connectivity index (χ4n) is 14.1. The summed E-state index contributed by atoms with van der Waals surface area (Å²) in [6.07, 6.45) is -3.25. The average molecular weight is 799 g/mol. The molecule has 0 amide bonds. The van der Waals surface area contributed by atoms with Crippen LogP contribution >= 0.6 is 0 Å². The van der Waals surface area contributed by atoms with Crippen molar-refractivity contribution < 1.29 is 70.0 Å². The zero-order chi connectivity index (χ0) is 40.7. The SMILES string of the molecule is CC(=CCCC(CO)C1CCC2(C)C3CCC4C(C)(C)C(OC5OC(CO)C(O)C(O)C5O)CC(O)C45CC35CCC12C)COC1OC(CO)C(O)C(O)C1O. The molecule has 56 heavy (non-hydrogen) atoms. The Labute approximate surface area is 330 Å². The van der Waals surface area contributed by atoms with Gasteiger partial charge in [0.15, 0.2) is 12.6 Å². The van der Waals surface area contributed by atoms with Crippen LogP contribution in [0.3, 0.4) is 0 Å². The molecule has 0 aromatic rings. The van der Waals surface area contributed by atoms with Crippen LogP contribution in [0.4, 0.5) is 0 Å². The van der Waals surface area contributed by atoms with Crippen LogP contribution in [-0.2, 0) is 18.9 Å². The van der Waals surface area contributed by atoms with Crippen LogP contribution in [0, 0.1) is 50.7 Å². The predicted molar refractivity (Wildman–Crippen MR) is 200 cm³/mol. The topological polar surface area (TPSA) is 239 Å². The molecule has 20 unspecified atom stereocenters. The van der Waals surface area contributed by atoms with Gasteiger partial charge in [-0.25, -0.2) is 0 Å². The number of hydrogen-bond acceptors (Lipinski definition) is 14. The maximum atomic E-state index is 12.2. The molecule has 0 aromatic carbocycles. The quantitative estimate of drug-likeness (QED) is 0.0969. The first-order chi connectivity index (χ1) is 26.4. The Morgan fingerprint density at radius 1 is 0.732 bits per heavy atom. The molecule has 2 heterocycles. The van der Waals surface area contributed by atoms with Gasteiger partial charge in [0.05, 0.1) is 32.0 Å². The summed E-state index contributed by atoms with van der Waals surface area (Å²) in [5.41, 5.74) is 0.413. The number of rotatable bonds is 12. The first-order valence-electron chi connectivity index (χ1n) is 21.2. The Morgan fingerprint density at radius 3 is 1.96 bits per heavy atom. The second-order valence-corrected chi connectivity index (χ2v) is 20.0. The minimum atomic E-state index is -1.53. The number of fused-ring (bicyclic) bond motifs is 2. The summed E-state index contributed by atoms with van der Waals surface area (Å²) in [6, 6.07) is 0. The van der Waals surface area contributed by atoms with E-state index in [4.69, 9.17) is 18.9 Å². The summed E-state index contributed by atoms with van der Waals surface area (Å²) in [4.78, 5) is 0. The molecule has 7 fully saturated rings. The highest BCUT2D eigenvalue weighted by Crippen LogP contribution is 2.89. The first-order valence-corrected chi connectivity index (χ1v) is 21.2. The van der Waals surface area contributed by atoms with Gasteiger partial charge < -0.3 is 70.0 Å². The van der Waals surface area contributed by atoms with Crippen LogP contribution in [-0.4, -0.2) is 151 Å². The molecule has 322 valence electrons. The lowest BCUT2D eigenvalue weighted by atomic mass is 9.41. The molecule has 7 aliphatic rings. The van der Waals surface area contributed by atoms with E-state index in [2.05, 4.69) is 33.8 Å². The molecule has 0 aromatic heterocycles. The third-order valence-corrected chi connectivity index (χ3v) is 17.5. The van der Waals surface area contributed by atoms with E-state index in [1.807, 2.05) is 6.92 Å². The van der Waals surface area contributed by atoms with E-state index < -0.39 is 86.8 Å². The van der Waals surface area contributed by atoms with Crippen molar-refractivity contribution in [2.75, 3.05) is 26.4 Å². The zero-order valence-corrected chi connectivity index (χ0v) is 33.8. The fourth-order valence-corrected chi connectivity index (χ4v) is 14.1. The molecule has 2 spiro atoms. The maximum absolute atomic E-state index is 12.2. The smallest absolute Gasteiger partial charge is 0.187 e. The second-order valence-electron chi connectivity index (χ2n) is 20.0. The molecule has 7 rings (SSSR count). The van der Waals surface area contributed by atoms with Gasteiger partial charge in [0.25, 0.3) is 0 Å². The molecule has 10 N–H and O–H groups in total. The molecule has 0 bridgehead atoms. The summed E-state index contributed by atoms with van der Waals surface area (Å²) in [5.74, 6) is 1.10. The van der Waals surface area contributed by atoms with Crippen molar-refractivity contribution in [3.63, 3.8) is 0 Å². The molecule has 2 saturated heterocycles. The van der Waals surface area contributed by atoms with E-state index in [0.29, 0.717) is 18.3 Å². The van der Waals surface area contributed by atoms with Crippen molar-refractivity contribution in [3.8, 4) is 0 Å². The highest BCUT2D eigenvalue weighted by molar-refractivity contribution is 5.33. The van der Waals surface area contributed by atoms with Crippen molar-refractivity contribution in [2.24, 2.45) is 50.7 Å². The van der Waals surface area contributed by atoms with Gasteiger partial charge in [-0.1, -0.05) is 39.3 Å². The molecule has 14 nitrogen and oxygen atoms in total. The van der Waals surface area contributed by atoms with Crippen LogP contribution in [0.25, 0.3) is 0 Å². The third kappa shape index (κ3) is 6.42. The number of aliphatic hydroxyl groups is 10. The van der Waals surface area contributed by atoms with Gasteiger partial charge in [-0.3, -0.25) is 0 Å². The summed E-state index contributed by atoms with van der Waals surface area (Å²) in [5, 5.41) is 104. The third-order valence-electron chi connectivity index (χ3n) is 17.5.